The highest BCUT2D eigenvalue weighted by Gasteiger charge is 2.29. The number of rotatable bonds is 5. The maximum atomic E-state index is 6.78. The van der Waals surface area contributed by atoms with Gasteiger partial charge in [0, 0.05) is 49.2 Å². The molecule has 0 aliphatic carbocycles. The molecule has 1 saturated heterocycles. The Kier molecular flexibility index (Phi) is 5.57. The number of hydrogen-bond acceptors (Lipinski definition) is 8. The fraction of sp³-hybridized carbons (Fsp3) is 0.400. The Balaban J connectivity index is 1.32. The predicted octanol–water partition coefficient (Wildman–Crippen LogP) is 4.57. The lowest BCUT2D eigenvalue weighted by atomic mass is 9.91. The van der Waals surface area contributed by atoms with Crippen LogP contribution < -0.4 is 10.1 Å². The van der Waals surface area contributed by atoms with E-state index in [0.29, 0.717) is 45.3 Å². The molecule has 192 valence electrons. The molecule has 0 spiro atoms. The summed E-state index contributed by atoms with van der Waals surface area (Å²) in [6, 6.07) is 4.25. The van der Waals surface area contributed by atoms with Crippen LogP contribution in [0.1, 0.15) is 38.9 Å². The standard InChI is InChI=1S/C25H29ClN10O/c1-25(2,3)18-11-19(32-36(18)15-6-8-33(4)14-15)30-24-31-23-22(34(24)5)21(26)17(13-28-23)37-16-10-20-27-7-9-35(20)29-12-16/h7,9-13,15H,6,8,14H2,1-5H3,(H,28,30,31,32)/t15-/m0/s1. The van der Waals surface area contributed by atoms with Gasteiger partial charge in [0.05, 0.1) is 18.4 Å². The van der Waals surface area contributed by atoms with E-state index in [1.165, 1.54) is 5.69 Å². The van der Waals surface area contributed by atoms with E-state index in [2.05, 4.69) is 68.8 Å². The maximum Gasteiger partial charge on any atom is 0.210 e. The lowest BCUT2D eigenvalue weighted by Crippen LogP contribution is -2.24. The smallest absolute Gasteiger partial charge is 0.210 e. The Morgan fingerprint density at radius 1 is 1.14 bits per heavy atom. The first kappa shape index (κ1) is 23.7. The van der Waals surface area contributed by atoms with Gasteiger partial charge in [-0.1, -0.05) is 32.4 Å². The average molecular weight is 521 g/mol. The first-order valence-electron chi connectivity index (χ1n) is 12.2. The largest absolute Gasteiger partial charge is 0.452 e. The second kappa shape index (κ2) is 8.70. The highest BCUT2D eigenvalue weighted by atomic mass is 35.5. The molecule has 1 aliphatic rings. The van der Waals surface area contributed by atoms with Crippen LogP contribution in [-0.2, 0) is 12.5 Å². The zero-order valence-electron chi connectivity index (χ0n) is 21.5. The van der Waals surface area contributed by atoms with Crippen molar-refractivity contribution in [1.29, 1.82) is 0 Å². The second-order valence-electron chi connectivity index (χ2n) is 10.6. The molecule has 1 N–H and O–H groups in total. The van der Waals surface area contributed by atoms with Crippen LogP contribution in [-0.4, -0.2) is 64.0 Å². The number of anilines is 2. The highest BCUT2D eigenvalue weighted by Crippen LogP contribution is 2.36. The number of ether oxygens (including phenoxy) is 1. The molecule has 1 fully saturated rings. The lowest BCUT2D eigenvalue weighted by molar-refractivity contribution is 0.366. The number of aryl methyl sites for hydroxylation is 1. The Bertz CT molecular complexity index is 1610. The number of aromatic nitrogens is 8. The van der Waals surface area contributed by atoms with Crippen molar-refractivity contribution in [3.63, 3.8) is 0 Å². The number of halogens is 1. The average Bonchev–Trinajstić information content (AvgIpc) is 3.62. The van der Waals surface area contributed by atoms with E-state index in [1.807, 2.05) is 11.6 Å². The summed E-state index contributed by atoms with van der Waals surface area (Å²) in [5.41, 5.74) is 2.98. The third-order valence-corrected chi connectivity index (χ3v) is 7.08. The van der Waals surface area contributed by atoms with E-state index >= 15 is 0 Å². The van der Waals surface area contributed by atoms with Crippen molar-refractivity contribution in [2.24, 2.45) is 7.05 Å². The Morgan fingerprint density at radius 2 is 1.97 bits per heavy atom. The third-order valence-electron chi connectivity index (χ3n) is 6.72. The summed E-state index contributed by atoms with van der Waals surface area (Å²) in [5.74, 6) is 2.26. The van der Waals surface area contributed by atoms with Gasteiger partial charge in [-0.05, 0) is 20.0 Å². The van der Waals surface area contributed by atoms with Gasteiger partial charge in [0.2, 0.25) is 5.95 Å². The summed E-state index contributed by atoms with van der Waals surface area (Å²) in [7, 11) is 4.04. The minimum Gasteiger partial charge on any atom is -0.452 e. The van der Waals surface area contributed by atoms with E-state index in [1.54, 1.807) is 35.4 Å². The summed E-state index contributed by atoms with van der Waals surface area (Å²) in [6.45, 7) is 8.69. The molecule has 5 aromatic rings. The monoisotopic (exact) mass is 520 g/mol. The van der Waals surface area contributed by atoms with Crippen LogP contribution in [0.4, 0.5) is 11.8 Å². The molecular formula is C25H29ClN10O. The normalized spacial score (nSPS) is 16.8. The third kappa shape index (κ3) is 4.27. The number of imidazole rings is 2. The van der Waals surface area contributed by atoms with Crippen LogP contribution in [0.2, 0.25) is 5.02 Å². The van der Waals surface area contributed by atoms with Crippen LogP contribution in [0.15, 0.2) is 36.9 Å². The SMILES string of the molecule is CN1CC[C@H](n2nc(Nc3nc4ncc(Oc5cnn6ccnc6c5)c(Cl)c4n3C)cc2C(C)(C)C)C1. The molecule has 0 radical (unpaired) electrons. The van der Waals surface area contributed by atoms with Crippen molar-refractivity contribution in [3.8, 4) is 11.5 Å². The topological polar surface area (TPSA) is 103 Å². The number of nitrogens with zero attached hydrogens (tertiary/aromatic N) is 9. The molecule has 11 nitrogen and oxygen atoms in total. The van der Waals surface area contributed by atoms with Gasteiger partial charge in [-0.3, -0.25) is 4.68 Å². The fourth-order valence-corrected chi connectivity index (χ4v) is 5.09. The van der Waals surface area contributed by atoms with Gasteiger partial charge in [0.25, 0.3) is 0 Å². The van der Waals surface area contributed by atoms with Crippen molar-refractivity contribution in [2.75, 3.05) is 25.5 Å². The summed E-state index contributed by atoms with van der Waals surface area (Å²) in [5, 5.41) is 13.0. The van der Waals surface area contributed by atoms with E-state index in [0.717, 1.165) is 25.3 Å². The molecule has 12 heteroatoms. The van der Waals surface area contributed by atoms with Crippen LogP contribution in [0.3, 0.4) is 0 Å². The van der Waals surface area contributed by atoms with Crippen LogP contribution in [0, 0.1) is 0 Å². The van der Waals surface area contributed by atoms with Gasteiger partial charge in [0.15, 0.2) is 28.6 Å². The molecule has 37 heavy (non-hydrogen) atoms. The molecule has 0 amide bonds. The fourth-order valence-electron chi connectivity index (χ4n) is 4.79. The van der Waals surface area contributed by atoms with E-state index in [4.69, 9.17) is 21.4 Å². The first-order chi connectivity index (χ1) is 17.7. The Labute approximate surface area is 219 Å². The van der Waals surface area contributed by atoms with Gasteiger partial charge >= 0.3 is 0 Å². The van der Waals surface area contributed by atoms with Crippen molar-refractivity contribution >= 4 is 40.2 Å². The lowest BCUT2D eigenvalue weighted by Gasteiger charge is -2.23. The molecule has 0 unspecified atom stereocenters. The molecule has 0 aromatic carbocycles. The van der Waals surface area contributed by atoms with E-state index in [9.17, 15) is 0 Å². The second-order valence-corrected chi connectivity index (χ2v) is 10.9. The molecule has 0 saturated carbocycles. The number of pyridine rings is 1. The summed E-state index contributed by atoms with van der Waals surface area (Å²) < 4.78 is 11.7. The van der Waals surface area contributed by atoms with Gasteiger partial charge in [0.1, 0.15) is 10.5 Å². The molecule has 5 aromatic heterocycles. The van der Waals surface area contributed by atoms with E-state index in [-0.39, 0.29) is 5.41 Å². The quantitative estimate of drug-likeness (QED) is 0.359. The highest BCUT2D eigenvalue weighted by molar-refractivity contribution is 6.36. The Hall–Kier alpha value is -3.70. The molecular weight excluding hydrogens is 492 g/mol. The number of likely N-dealkylation sites (tertiary alicyclic amines) is 1. The van der Waals surface area contributed by atoms with Crippen molar-refractivity contribution < 1.29 is 4.74 Å². The van der Waals surface area contributed by atoms with Gasteiger partial charge in [-0.25, -0.2) is 14.5 Å². The van der Waals surface area contributed by atoms with E-state index < -0.39 is 0 Å². The van der Waals surface area contributed by atoms with Crippen LogP contribution in [0.5, 0.6) is 11.5 Å². The van der Waals surface area contributed by atoms with Crippen LogP contribution >= 0.6 is 11.6 Å². The van der Waals surface area contributed by atoms with Crippen LogP contribution in [0.25, 0.3) is 16.8 Å². The van der Waals surface area contributed by atoms with Gasteiger partial charge < -0.3 is 19.5 Å². The summed E-state index contributed by atoms with van der Waals surface area (Å²) >= 11 is 6.78. The zero-order valence-corrected chi connectivity index (χ0v) is 22.2. The summed E-state index contributed by atoms with van der Waals surface area (Å²) in [4.78, 5) is 15.8. The minimum absolute atomic E-state index is 0.0498. The number of nitrogens with one attached hydrogen (secondary N) is 1. The predicted molar refractivity (Wildman–Crippen MR) is 142 cm³/mol. The minimum atomic E-state index is -0.0498. The first-order valence-corrected chi connectivity index (χ1v) is 12.6. The number of hydrogen-bond donors (Lipinski definition) is 1. The zero-order chi connectivity index (χ0) is 25.9. The molecule has 1 atom stereocenters. The molecule has 6 rings (SSSR count). The molecule has 6 heterocycles. The number of likely N-dealkylation sites (N-methyl/N-ethyl adjacent to an activating group) is 1. The van der Waals surface area contributed by atoms with Crippen molar-refractivity contribution in [2.45, 2.75) is 38.6 Å². The molecule has 0 bridgehead atoms. The molecule has 1 aliphatic heterocycles. The Morgan fingerprint density at radius 3 is 2.73 bits per heavy atom. The maximum absolute atomic E-state index is 6.78. The van der Waals surface area contributed by atoms with Crippen molar-refractivity contribution in [1.82, 2.24) is 43.8 Å². The number of fused-ring (bicyclic) bond motifs is 2. The van der Waals surface area contributed by atoms with Crippen molar-refractivity contribution in [3.05, 3.63) is 47.6 Å². The van der Waals surface area contributed by atoms with Gasteiger partial charge in [-0.15, -0.1) is 0 Å². The van der Waals surface area contributed by atoms with Gasteiger partial charge in [-0.2, -0.15) is 15.2 Å². The summed E-state index contributed by atoms with van der Waals surface area (Å²) in [6.07, 6.45) is 7.70.